The van der Waals surface area contributed by atoms with Crippen molar-refractivity contribution in [2.24, 2.45) is 0 Å². The topological polar surface area (TPSA) is 58.6 Å². The number of nitrogens with zero attached hydrogens (tertiary/aromatic N) is 1. The zero-order chi connectivity index (χ0) is 20.8. The van der Waals surface area contributed by atoms with Crippen LogP contribution in [-0.2, 0) is 11.3 Å². The Bertz CT molecular complexity index is 1050. The number of ether oxygens (including phenoxy) is 1. The predicted molar refractivity (Wildman–Crippen MR) is 123 cm³/mol. The monoisotopic (exact) mass is 420 g/mol. The number of amides is 1. The zero-order valence-corrected chi connectivity index (χ0v) is 17.5. The summed E-state index contributed by atoms with van der Waals surface area (Å²) < 4.78 is 5.67. The van der Waals surface area contributed by atoms with Gasteiger partial charge in [-0.05, 0) is 34.5 Å². The van der Waals surface area contributed by atoms with Crippen LogP contribution in [0.25, 0.3) is 10.8 Å². The van der Waals surface area contributed by atoms with Crippen molar-refractivity contribution in [3.05, 3.63) is 71.8 Å². The lowest BCUT2D eigenvalue weighted by molar-refractivity contribution is -0.118. The highest BCUT2D eigenvalue weighted by atomic mass is 32.2. The van der Waals surface area contributed by atoms with Crippen molar-refractivity contribution in [3.63, 3.8) is 0 Å². The van der Waals surface area contributed by atoms with Crippen LogP contribution in [0.4, 0.5) is 5.69 Å². The molecule has 0 aromatic heterocycles. The Morgan fingerprint density at radius 1 is 1.07 bits per heavy atom. The smallest absolute Gasteiger partial charge is 0.262 e. The van der Waals surface area contributed by atoms with Gasteiger partial charge in [0.2, 0.25) is 0 Å². The molecular weight excluding hydrogens is 396 g/mol. The minimum Gasteiger partial charge on any atom is -0.483 e. The largest absolute Gasteiger partial charge is 0.483 e. The molecule has 0 bridgehead atoms. The molecule has 1 fully saturated rings. The van der Waals surface area contributed by atoms with E-state index in [2.05, 4.69) is 16.3 Å². The third-order valence-electron chi connectivity index (χ3n) is 5.13. The van der Waals surface area contributed by atoms with Gasteiger partial charge in [0, 0.05) is 36.8 Å². The number of fused-ring (bicyclic) bond motifs is 1. The van der Waals surface area contributed by atoms with E-state index in [-0.39, 0.29) is 12.5 Å². The summed E-state index contributed by atoms with van der Waals surface area (Å²) in [5.74, 6) is 2.50. The second-order valence-corrected chi connectivity index (χ2v) is 8.47. The van der Waals surface area contributed by atoms with Crippen molar-refractivity contribution in [2.45, 2.75) is 6.54 Å². The summed E-state index contributed by atoms with van der Waals surface area (Å²) >= 11 is 1.99. The standard InChI is InChI=1S/C24H24N2O3S/c27-16-22-21-7-2-1-5-19(21)8-9-23(22)29-17-24(28)25-20-6-3-4-18(14-20)15-26-10-12-30-13-11-26/h1-9,14,16H,10-13,15,17H2,(H,25,28). The molecule has 3 aromatic rings. The lowest BCUT2D eigenvalue weighted by Crippen LogP contribution is -2.32. The number of anilines is 1. The Kier molecular flexibility index (Phi) is 6.67. The molecule has 5 nitrogen and oxygen atoms in total. The number of benzene rings is 3. The quantitative estimate of drug-likeness (QED) is 0.580. The molecule has 154 valence electrons. The summed E-state index contributed by atoms with van der Waals surface area (Å²) in [5.41, 5.74) is 2.39. The lowest BCUT2D eigenvalue weighted by Gasteiger charge is -2.26. The van der Waals surface area contributed by atoms with E-state index in [4.69, 9.17) is 4.74 Å². The fourth-order valence-electron chi connectivity index (χ4n) is 3.63. The molecule has 0 unspecified atom stereocenters. The Hall–Kier alpha value is -2.83. The maximum Gasteiger partial charge on any atom is 0.262 e. The molecule has 1 amide bonds. The second kappa shape index (κ2) is 9.78. The maximum atomic E-state index is 12.4. The van der Waals surface area contributed by atoms with Crippen molar-refractivity contribution in [1.82, 2.24) is 4.90 Å². The molecule has 0 aliphatic carbocycles. The summed E-state index contributed by atoms with van der Waals surface area (Å²) in [6.07, 6.45) is 0.776. The number of thioether (sulfide) groups is 1. The summed E-state index contributed by atoms with van der Waals surface area (Å²) in [6.45, 7) is 2.92. The van der Waals surface area contributed by atoms with E-state index >= 15 is 0 Å². The Morgan fingerprint density at radius 3 is 2.73 bits per heavy atom. The molecule has 1 aliphatic rings. The minimum atomic E-state index is -0.258. The van der Waals surface area contributed by atoms with E-state index in [1.165, 1.54) is 17.1 Å². The van der Waals surface area contributed by atoms with E-state index in [9.17, 15) is 9.59 Å². The van der Waals surface area contributed by atoms with Gasteiger partial charge in [0.05, 0.1) is 5.56 Å². The molecule has 0 atom stereocenters. The number of hydrogen-bond donors (Lipinski definition) is 1. The minimum absolute atomic E-state index is 0.160. The average molecular weight is 421 g/mol. The van der Waals surface area contributed by atoms with Gasteiger partial charge in [-0.15, -0.1) is 0 Å². The van der Waals surface area contributed by atoms with E-state index in [0.29, 0.717) is 11.3 Å². The van der Waals surface area contributed by atoms with Crippen LogP contribution in [-0.4, -0.2) is 48.3 Å². The van der Waals surface area contributed by atoms with Crippen molar-refractivity contribution in [2.75, 3.05) is 36.5 Å². The first-order valence-corrected chi connectivity index (χ1v) is 11.2. The molecule has 0 saturated carbocycles. The third-order valence-corrected chi connectivity index (χ3v) is 6.07. The average Bonchev–Trinajstić information content (AvgIpc) is 2.78. The highest BCUT2D eigenvalue weighted by Crippen LogP contribution is 2.26. The summed E-state index contributed by atoms with van der Waals surface area (Å²) in [6, 6.07) is 19.2. The van der Waals surface area contributed by atoms with Crippen LogP contribution in [0.3, 0.4) is 0 Å². The molecule has 0 radical (unpaired) electrons. The molecule has 1 heterocycles. The van der Waals surface area contributed by atoms with Crippen LogP contribution >= 0.6 is 11.8 Å². The van der Waals surface area contributed by atoms with E-state index < -0.39 is 0 Å². The lowest BCUT2D eigenvalue weighted by atomic mass is 10.0. The summed E-state index contributed by atoms with van der Waals surface area (Å²) in [4.78, 5) is 26.4. The zero-order valence-electron chi connectivity index (χ0n) is 16.7. The molecule has 4 rings (SSSR count). The van der Waals surface area contributed by atoms with Crippen molar-refractivity contribution in [3.8, 4) is 5.75 Å². The van der Waals surface area contributed by atoms with Gasteiger partial charge in [-0.3, -0.25) is 14.5 Å². The molecule has 0 spiro atoms. The van der Waals surface area contributed by atoms with Crippen molar-refractivity contribution >= 4 is 40.4 Å². The molecule has 1 saturated heterocycles. The molecule has 6 heteroatoms. The number of hydrogen-bond acceptors (Lipinski definition) is 5. The normalized spacial score (nSPS) is 14.4. The van der Waals surface area contributed by atoms with Gasteiger partial charge in [0.1, 0.15) is 5.75 Å². The van der Waals surface area contributed by atoms with Crippen LogP contribution in [0, 0.1) is 0 Å². The van der Waals surface area contributed by atoms with Crippen molar-refractivity contribution in [1.29, 1.82) is 0 Å². The molecule has 3 aromatic carbocycles. The number of carbonyl (C=O) groups is 2. The van der Waals surface area contributed by atoms with Crippen LogP contribution < -0.4 is 10.1 Å². The van der Waals surface area contributed by atoms with Gasteiger partial charge >= 0.3 is 0 Å². The van der Waals surface area contributed by atoms with E-state index in [0.717, 1.165) is 42.4 Å². The number of carbonyl (C=O) groups excluding carboxylic acids is 2. The Balaban J connectivity index is 1.38. The SMILES string of the molecule is O=Cc1c(OCC(=O)Nc2cccc(CN3CCSCC3)c2)ccc2ccccc12. The van der Waals surface area contributed by atoms with Crippen LogP contribution in [0.1, 0.15) is 15.9 Å². The third kappa shape index (κ3) is 5.01. The fraction of sp³-hybridized carbons (Fsp3) is 0.250. The first-order chi connectivity index (χ1) is 14.7. The van der Waals surface area contributed by atoms with E-state index in [1.54, 1.807) is 6.07 Å². The van der Waals surface area contributed by atoms with Gasteiger partial charge in [-0.1, -0.05) is 42.5 Å². The summed E-state index contributed by atoms with van der Waals surface area (Å²) in [7, 11) is 0. The summed E-state index contributed by atoms with van der Waals surface area (Å²) in [5, 5.41) is 4.66. The molecule has 1 N–H and O–H groups in total. The Morgan fingerprint density at radius 2 is 1.90 bits per heavy atom. The van der Waals surface area contributed by atoms with Gasteiger partial charge in [0.25, 0.3) is 5.91 Å². The number of aldehydes is 1. The Labute approximate surface area is 180 Å². The predicted octanol–water partition coefficient (Wildman–Crippen LogP) is 4.22. The van der Waals surface area contributed by atoms with Crippen LogP contribution in [0.5, 0.6) is 5.75 Å². The van der Waals surface area contributed by atoms with Gasteiger partial charge in [0.15, 0.2) is 12.9 Å². The van der Waals surface area contributed by atoms with Gasteiger partial charge in [-0.2, -0.15) is 11.8 Å². The van der Waals surface area contributed by atoms with Crippen molar-refractivity contribution < 1.29 is 14.3 Å². The molecule has 1 aliphatic heterocycles. The molecule has 30 heavy (non-hydrogen) atoms. The first kappa shape index (κ1) is 20.4. The van der Waals surface area contributed by atoms with Gasteiger partial charge in [-0.25, -0.2) is 0 Å². The highest BCUT2D eigenvalue weighted by molar-refractivity contribution is 7.99. The van der Waals surface area contributed by atoms with Gasteiger partial charge < -0.3 is 10.1 Å². The van der Waals surface area contributed by atoms with Crippen LogP contribution in [0.15, 0.2) is 60.7 Å². The highest BCUT2D eigenvalue weighted by Gasteiger charge is 2.12. The van der Waals surface area contributed by atoms with Crippen LogP contribution in [0.2, 0.25) is 0 Å². The fourth-order valence-corrected chi connectivity index (χ4v) is 4.61. The first-order valence-electron chi connectivity index (χ1n) is 10.0. The maximum absolute atomic E-state index is 12.4. The second-order valence-electron chi connectivity index (χ2n) is 7.24. The van der Waals surface area contributed by atoms with E-state index in [1.807, 2.05) is 60.3 Å². The number of nitrogens with one attached hydrogen (secondary N) is 1. The molecular formula is C24H24N2O3S. The number of rotatable bonds is 7.